The molecule has 0 spiro atoms. The molecule has 0 unspecified atom stereocenters. The van der Waals surface area contributed by atoms with E-state index < -0.39 is 0 Å². The zero-order valence-electron chi connectivity index (χ0n) is 60.2. The molecule has 4 aromatic carbocycles. The largest absolute Gasteiger partial charge is 0.507 e. The predicted molar refractivity (Wildman–Crippen MR) is 362 cm³/mol. The average molecular weight is 1230 g/mol. The number of phenolic OH excluding ortho intramolecular Hbond substituents is 4. The minimum atomic E-state index is -0.176. The normalized spacial score (nSPS) is 12.3. The molecule has 88 heavy (non-hydrogen) atoms. The van der Waals surface area contributed by atoms with Gasteiger partial charge in [-0.05, 0) is 163 Å². The van der Waals surface area contributed by atoms with E-state index in [1.54, 1.807) is 0 Å². The first kappa shape index (κ1) is 80.0. The van der Waals surface area contributed by atoms with E-state index in [1.807, 2.05) is 76.2 Å². The molecule has 12 nitrogen and oxygen atoms in total. The molecule has 0 aromatic heterocycles. The van der Waals surface area contributed by atoms with E-state index >= 15 is 0 Å². The highest BCUT2D eigenvalue weighted by Gasteiger charge is 2.31. The van der Waals surface area contributed by atoms with Crippen molar-refractivity contribution >= 4 is 23.9 Å². The van der Waals surface area contributed by atoms with Gasteiger partial charge in [-0.3, -0.25) is 19.2 Å². The SMILES string of the molecule is CCOC(=O)CCc1cc(C(C)(C)C)c(O)c(C(C)(C)C)c1.CCOC(=O)CCc1cc(C(C)(C)C)c(O)c(C(C)(C)C)c1.CCOC(=O)CCc1cc(C(C)(C)C)c(O)c(C(C)(C)C)c1.CCOC(=O)CCc1cc(C(C)(C)C)c(O)c(C(C)(C)C)c1. The highest BCUT2D eigenvalue weighted by atomic mass is 16.5. The molecule has 0 fully saturated rings. The van der Waals surface area contributed by atoms with Crippen LogP contribution in [0, 0.1) is 0 Å². The van der Waals surface area contributed by atoms with Crippen LogP contribution in [0.2, 0.25) is 0 Å². The lowest BCUT2D eigenvalue weighted by Crippen LogP contribution is -2.18. The zero-order valence-corrected chi connectivity index (χ0v) is 60.2. The highest BCUT2D eigenvalue weighted by Crippen LogP contribution is 2.44. The Bertz CT molecular complexity index is 2380. The van der Waals surface area contributed by atoms with Gasteiger partial charge in [0.05, 0.1) is 26.4 Å². The van der Waals surface area contributed by atoms with Gasteiger partial charge >= 0.3 is 23.9 Å². The maximum absolute atomic E-state index is 11.6. The van der Waals surface area contributed by atoms with Gasteiger partial charge in [0, 0.05) is 25.7 Å². The van der Waals surface area contributed by atoms with Crippen LogP contribution in [0.4, 0.5) is 0 Å². The van der Waals surface area contributed by atoms with Gasteiger partial charge in [-0.2, -0.15) is 0 Å². The monoisotopic (exact) mass is 1220 g/mol. The number of carbonyl (C=O) groups excluding carboxylic acids is 4. The smallest absolute Gasteiger partial charge is 0.306 e. The molecule has 4 N–H and O–H groups in total. The third-order valence-corrected chi connectivity index (χ3v) is 14.8. The second-order valence-electron chi connectivity index (χ2n) is 31.4. The van der Waals surface area contributed by atoms with E-state index in [4.69, 9.17) is 18.9 Å². The topological polar surface area (TPSA) is 186 Å². The van der Waals surface area contributed by atoms with Crippen molar-refractivity contribution in [3.63, 3.8) is 0 Å². The Balaban J connectivity index is 0.000000587. The van der Waals surface area contributed by atoms with Crippen molar-refractivity contribution in [1.29, 1.82) is 0 Å². The van der Waals surface area contributed by atoms with Crippen LogP contribution in [-0.2, 0) is 107 Å². The number of hydrogen-bond donors (Lipinski definition) is 4. The second-order valence-corrected chi connectivity index (χ2v) is 31.4. The number of carbonyl (C=O) groups is 4. The van der Waals surface area contributed by atoms with Crippen molar-refractivity contribution in [1.82, 2.24) is 0 Å². The fraction of sp³-hybridized carbons (Fsp3) is 0.632. The molecule has 4 aromatic rings. The van der Waals surface area contributed by atoms with E-state index in [0.717, 1.165) is 66.8 Å². The second kappa shape index (κ2) is 32.6. The van der Waals surface area contributed by atoms with Crippen LogP contribution in [0.5, 0.6) is 23.0 Å². The molecule has 0 atom stereocenters. The molecule has 0 saturated carbocycles. The predicted octanol–water partition coefficient (Wildman–Crippen LogP) is 17.9. The average Bonchev–Trinajstić information content (AvgIpc) is 3.38. The van der Waals surface area contributed by atoms with E-state index in [1.165, 1.54) is 0 Å². The van der Waals surface area contributed by atoms with Gasteiger partial charge in [0.1, 0.15) is 23.0 Å². The Morgan fingerprint density at radius 2 is 0.375 bits per heavy atom. The molecule has 12 heteroatoms. The molecule has 496 valence electrons. The number of benzene rings is 4. The van der Waals surface area contributed by atoms with E-state index in [0.29, 0.717) is 101 Å². The van der Waals surface area contributed by atoms with Crippen LogP contribution in [0.1, 0.15) is 286 Å². The lowest BCUT2D eigenvalue weighted by atomic mass is 9.78. The number of rotatable bonds is 16. The fourth-order valence-electron chi connectivity index (χ4n) is 9.85. The third kappa shape index (κ3) is 26.2. The van der Waals surface area contributed by atoms with Crippen LogP contribution in [0.25, 0.3) is 0 Å². The number of aromatic hydroxyl groups is 4. The van der Waals surface area contributed by atoms with E-state index in [9.17, 15) is 39.6 Å². The Hall–Kier alpha value is -6.04. The molecule has 0 aliphatic heterocycles. The first-order chi connectivity index (χ1) is 39.9. The van der Waals surface area contributed by atoms with Crippen molar-refractivity contribution in [3.8, 4) is 23.0 Å². The van der Waals surface area contributed by atoms with Crippen LogP contribution in [0.3, 0.4) is 0 Å². The molecule has 0 heterocycles. The highest BCUT2D eigenvalue weighted by molar-refractivity contribution is 5.71. The van der Waals surface area contributed by atoms with Gasteiger partial charge in [0.2, 0.25) is 0 Å². The van der Waals surface area contributed by atoms with Gasteiger partial charge in [0.15, 0.2) is 0 Å². The summed E-state index contributed by atoms with van der Waals surface area (Å²) in [5, 5.41) is 42.6. The Kier molecular flexibility index (Phi) is 29.6. The third-order valence-electron chi connectivity index (χ3n) is 14.8. The quantitative estimate of drug-likeness (QED) is 0.0615. The number of hydrogen-bond acceptors (Lipinski definition) is 12. The molecule has 0 radical (unpaired) electrons. The van der Waals surface area contributed by atoms with Crippen LogP contribution < -0.4 is 0 Å². The zero-order chi connectivity index (χ0) is 68.5. The minimum Gasteiger partial charge on any atom is -0.507 e. The lowest BCUT2D eigenvalue weighted by Gasteiger charge is -2.28. The van der Waals surface area contributed by atoms with Crippen molar-refractivity contribution < 1.29 is 58.6 Å². The van der Waals surface area contributed by atoms with Crippen LogP contribution >= 0.6 is 0 Å². The summed E-state index contributed by atoms with van der Waals surface area (Å²) >= 11 is 0. The fourth-order valence-corrected chi connectivity index (χ4v) is 9.85. The maximum Gasteiger partial charge on any atom is 0.306 e. The summed E-state index contributed by atoms with van der Waals surface area (Å²) in [6, 6.07) is 16.1. The standard InChI is InChI=1S/4C19H30O3/c4*1-8-22-16(20)10-9-13-11-14(18(2,3)4)17(21)15(12-13)19(5,6)7/h4*11-12,21H,8-10H2,1-7H3. The Morgan fingerprint density at radius 3 is 0.466 bits per heavy atom. The molecule has 0 amide bonds. The van der Waals surface area contributed by atoms with E-state index in [2.05, 4.69) is 166 Å². The first-order valence-electron chi connectivity index (χ1n) is 32.0. The van der Waals surface area contributed by atoms with Gasteiger partial charge in [0.25, 0.3) is 0 Å². The van der Waals surface area contributed by atoms with Crippen molar-refractivity contribution in [2.24, 2.45) is 0 Å². The molecular weight excluding hydrogens is 1100 g/mol. The number of ether oxygens (including phenoxy) is 4. The number of esters is 4. The van der Waals surface area contributed by atoms with Gasteiger partial charge < -0.3 is 39.4 Å². The summed E-state index contributed by atoms with van der Waals surface area (Å²) in [6.45, 7) is 59.0. The molecule has 0 aliphatic rings. The summed E-state index contributed by atoms with van der Waals surface area (Å²) in [6.07, 6.45) is 3.99. The molecular formula is C76H120O12. The first-order valence-corrected chi connectivity index (χ1v) is 32.0. The number of aryl methyl sites for hydroxylation is 4. The maximum atomic E-state index is 11.6. The van der Waals surface area contributed by atoms with Crippen molar-refractivity contribution in [2.45, 2.75) is 289 Å². The molecule has 0 saturated heterocycles. The van der Waals surface area contributed by atoms with Crippen LogP contribution in [0.15, 0.2) is 48.5 Å². The number of phenols is 4. The summed E-state index contributed by atoms with van der Waals surface area (Å²) in [4.78, 5) is 46.3. The summed E-state index contributed by atoms with van der Waals surface area (Å²) in [5.74, 6) is 0.797. The summed E-state index contributed by atoms with van der Waals surface area (Å²) in [7, 11) is 0. The lowest BCUT2D eigenvalue weighted by molar-refractivity contribution is -0.144. The minimum absolute atomic E-state index is 0.149. The Labute approximate surface area is 533 Å². The van der Waals surface area contributed by atoms with Gasteiger partial charge in [-0.15, -0.1) is 0 Å². The van der Waals surface area contributed by atoms with Crippen LogP contribution in [-0.4, -0.2) is 70.7 Å². The molecule has 0 bridgehead atoms. The summed E-state index contributed by atoms with van der Waals surface area (Å²) < 4.78 is 20.0. The van der Waals surface area contributed by atoms with Crippen molar-refractivity contribution in [3.05, 3.63) is 115 Å². The van der Waals surface area contributed by atoms with Gasteiger partial charge in [-0.25, -0.2) is 0 Å². The van der Waals surface area contributed by atoms with E-state index in [-0.39, 0.29) is 67.2 Å². The summed E-state index contributed by atoms with van der Waals surface area (Å²) in [5.41, 5.74) is 10.5. The molecule has 4 rings (SSSR count). The Morgan fingerprint density at radius 1 is 0.261 bits per heavy atom. The van der Waals surface area contributed by atoms with Gasteiger partial charge in [-0.1, -0.05) is 215 Å². The molecule has 0 aliphatic carbocycles. The van der Waals surface area contributed by atoms with Crippen molar-refractivity contribution in [2.75, 3.05) is 26.4 Å².